The average Bonchev–Trinajstić information content (AvgIpc) is 2.68. The number of hydrogen-bond donors (Lipinski definition) is 1. The van der Waals surface area contributed by atoms with Gasteiger partial charge in [-0.25, -0.2) is 0 Å². The van der Waals surface area contributed by atoms with Gasteiger partial charge in [-0.3, -0.25) is 0 Å². The maximum atomic E-state index is 5.59. The Kier molecular flexibility index (Phi) is 4.62. The summed E-state index contributed by atoms with van der Waals surface area (Å²) in [5, 5.41) is 3.78. The van der Waals surface area contributed by atoms with Crippen molar-refractivity contribution in [3.63, 3.8) is 0 Å². The van der Waals surface area contributed by atoms with Crippen LogP contribution in [-0.4, -0.2) is 49.3 Å². The Morgan fingerprint density at radius 1 is 1.25 bits per heavy atom. The number of nitrogens with one attached hydrogen (secondary N) is 1. The van der Waals surface area contributed by atoms with E-state index < -0.39 is 0 Å². The molecule has 2 aliphatic heterocycles. The highest BCUT2D eigenvalue weighted by Crippen LogP contribution is 2.17. The molecule has 0 aromatic rings. The molecule has 2 heterocycles. The molecule has 0 aliphatic carbocycles. The van der Waals surface area contributed by atoms with Crippen LogP contribution in [0, 0.1) is 0 Å². The summed E-state index contributed by atoms with van der Waals surface area (Å²) in [6.07, 6.45) is 5.50. The maximum Gasteiger partial charge on any atom is 0.0700 e. The lowest BCUT2D eigenvalue weighted by Gasteiger charge is -2.34. The van der Waals surface area contributed by atoms with Crippen molar-refractivity contribution < 1.29 is 4.74 Å². The molecular formula is C13H26N2O. The smallest absolute Gasteiger partial charge is 0.0700 e. The van der Waals surface area contributed by atoms with Gasteiger partial charge < -0.3 is 15.0 Å². The number of hydrogen-bond acceptors (Lipinski definition) is 3. The van der Waals surface area contributed by atoms with E-state index in [1.807, 2.05) is 0 Å². The van der Waals surface area contributed by atoms with Gasteiger partial charge in [0.15, 0.2) is 0 Å². The van der Waals surface area contributed by atoms with Crippen molar-refractivity contribution in [3.05, 3.63) is 0 Å². The highest BCUT2D eigenvalue weighted by Gasteiger charge is 2.27. The Morgan fingerprint density at radius 3 is 2.56 bits per heavy atom. The normalized spacial score (nSPS) is 33.4. The van der Waals surface area contributed by atoms with E-state index in [4.69, 9.17) is 4.74 Å². The molecule has 0 bridgehead atoms. The van der Waals surface area contributed by atoms with Crippen LogP contribution in [0.3, 0.4) is 0 Å². The quantitative estimate of drug-likeness (QED) is 0.788. The molecule has 2 saturated heterocycles. The third-order valence-corrected chi connectivity index (χ3v) is 3.95. The summed E-state index contributed by atoms with van der Waals surface area (Å²) in [6, 6.07) is 1.32. The number of nitrogens with zero attached hydrogens (tertiary/aromatic N) is 1. The van der Waals surface area contributed by atoms with Crippen molar-refractivity contribution in [2.24, 2.45) is 0 Å². The molecule has 0 radical (unpaired) electrons. The fourth-order valence-electron chi connectivity index (χ4n) is 2.89. The Balaban J connectivity index is 1.68. The Morgan fingerprint density at radius 2 is 2.00 bits per heavy atom. The van der Waals surface area contributed by atoms with Crippen LogP contribution in [0.2, 0.25) is 0 Å². The zero-order valence-corrected chi connectivity index (χ0v) is 10.7. The molecule has 2 atom stereocenters. The molecular weight excluding hydrogens is 200 g/mol. The van der Waals surface area contributed by atoms with Gasteiger partial charge in [0.2, 0.25) is 0 Å². The van der Waals surface area contributed by atoms with Gasteiger partial charge in [-0.15, -0.1) is 0 Å². The minimum absolute atomic E-state index is 0.411. The van der Waals surface area contributed by atoms with Crippen LogP contribution in [-0.2, 0) is 4.74 Å². The van der Waals surface area contributed by atoms with Gasteiger partial charge in [0.25, 0.3) is 0 Å². The van der Waals surface area contributed by atoms with E-state index >= 15 is 0 Å². The molecule has 3 nitrogen and oxygen atoms in total. The van der Waals surface area contributed by atoms with Gasteiger partial charge in [-0.1, -0.05) is 6.92 Å². The summed E-state index contributed by atoms with van der Waals surface area (Å²) in [5.41, 5.74) is 0. The second-order valence-electron chi connectivity index (χ2n) is 5.25. The first-order valence-electron chi connectivity index (χ1n) is 6.89. The topological polar surface area (TPSA) is 24.5 Å². The molecule has 1 N–H and O–H groups in total. The van der Waals surface area contributed by atoms with E-state index in [9.17, 15) is 0 Å². The molecule has 0 aromatic carbocycles. The maximum absolute atomic E-state index is 5.59. The van der Waals surface area contributed by atoms with E-state index in [0.717, 1.165) is 12.6 Å². The number of piperidine rings is 1. The summed E-state index contributed by atoms with van der Waals surface area (Å²) in [7, 11) is 0. The van der Waals surface area contributed by atoms with Gasteiger partial charge in [0.05, 0.1) is 6.10 Å². The molecule has 0 saturated carbocycles. The second kappa shape index (κ2) is 5.99. The second-order valence-corrected chi connectivity index (χ2v) is 5.25. The molecule has 0 spiro atoms. The molecule has 2 aliphatic rings. The van der Waals surface area contributed by atoms with E-state index in [1.54, 1.807) is 0 Å². The minimum atomic E-state index is 0.411. The van der Waals surface area contributed by atoms with Crippen LogP contribution in [0.4, 0.5) is 0 Å². The lowest BCUT2D eigenvalue weighted by molar-refractivity contribution is 0.106. The zero-order valence-electron chi connectivity index (χ0n) is 10.7. The number of likely N-dealkylation sites (tertiary alicyclic amines) is 1. The van der Waals surface area contributed by atoms with Gasteiger partial charge in [-0.05, 0) is 52.2 Å². The van der Waals surface area contributed by atoms with Crippen molar-refractivity contribution >= 4 is 0 Å². The predicted molar refractivity (Wildman–Crippen MR) is 66.7 cm³/mol. The first-order valence-corrected chi connectivity index (χ1v) is 6.89. The molecule has 3 heteroatoms. The van der Waals surface area contributed by atoms with Gasteiger partial charge in [-0.2, -0.15) is 0 Å². The number of rotatable bonds is 4. The summed E-state index contributed by atoms with van der Waals surface area (Å²) in [6.45, 7) is 9.21. The zero-order chi connectivity index (χ0) is 11.4. The van der Waals surface area contributed by atoms with Crippen molar-refractivity contribution in [1.82, 2.24) is 10.2 Å². The summed E-state index contributed by atoms with van der Waals surface area (Å²) in [5.74, 6) is 0. The molecule has 0 aromatic heterocycles. The van der Waals surface area contributed by atoms with Crippen molar-refractivity contribution in [2.75, 3.05) is 26.2 Å². The fourth-order valence-corrected chi connectivity index (χ4v) is 2.89. The third kappa shape index (κ3) is 3.19. The van der Waals surface area contributed by atoms with Crippen LogP contribution in [0.5, 0.6) is 0 Å². The van der Waals surface area contributed by atoms with Crippen molar-refractivity contribution in [1.29, 1.82) is 0 Å². The van der Waals surface area contributed by atoms with E-state index in [1.165, 1.54) is 45.3 Å². The molecule has 0 amide bonds. The van der Waals surface area contributed by atoms with E-state index in [2.05, 4.69) is 24.1 Å². The highest BCUT2D eigenvalue weighted by atomic mass is 16.5. The molecule has 2 rings (SSSR count). The standard InChI is InChI=1S/C13H26N2O/c1-3-7-15-8-4-12(5-9-15)14-13-6-10-16-11(13)2/h11-14H,3-10H2,1-2H3. The van der Waals surface area contributed by atoms with Crippen LogP contribution < -0.4 is 5.32 Å². The van der Waals surface area contributed by atoms with Crippen LogP contribution in [0.15, 0.2) is 0 Å². The van der Waals surface area contributed by atoms with Crippen LogP contribution in [0.1, 0.15) is 39.5 Å². The third-order valence-electron chi connectivity index (χ3n) is 3.95. The summed E-state index contributed by atoms with van der Waals surface area (Å²) < 4.78 is 5.59. The molecule has 94 valence electrons. The Bertz CT molecular complexity index is 202. The fraction of sp³-hybridized carbons (Fsp3) is 1.00. The molecule has 2 fully saturated rings. The van der Waals surface area contributed by atoms with Crippen molar-refractivity contribution in [3.8, 4) is 0 Å². The predicted octanol–water partition coefficient (Wildman–Crippen LogP) is 1.63. The first kappa shape index (κ1) is 12.3. The van der Waals surface area contributed by atoms with Gasteiger partial charge in [0, 0.05) is 18.7 Å². The Labute approximate surface area is 99.5 Å². The van der Waals surface area contributed by atoms with Crippen LogP contribution in [0.25, 0.3) is 0 Å². The highest BCUT2D eigenvalue weighted by molar-refractivity contribution is 4.85. The summed E-state index contributed by atoms with van der Waals surface area (Å²) in [4.78, 5) is 2.59. The minimum Gasteiger partial charge on any atom is -0.377 e. The first-order chi connectivity index (χ1) is 7.79. The molecule has 2 unspecified atom stereocenters. The van der Waals surface area contributed by atoms with Crippen molar-refractivity contribution in [2.45, 2.75) is 57.7 Å². The lowest BCUT2D eigenvalue weighted by atomic mass is 10.0. The summed E-state index contributed by atoms with van der Waals surface area (Å²) >= 11 is 0. The lowest BCUT2D eigenvalue weighted by Crippen LogP contribution is -2.48. The average molecular weight is 226 g/mol. The SMILES string of the molecule is CCCN1CCC(NC2CCOC2C)CC1. The Hall–Kier alpha value is -0.120. The monoisotopic (exact) mass is 226 g/mol. The largest absolute Gasteiger partial charge is 0.377 e. The van der Waals surface area contributed by atoms with Gasteiger partial charge >= 0.3 is 0 Å². The van der Waals surface area contributed by atoms with E-state index in [0.29, 0.717) is 12.1 Å². The van der Waals surface area contributed by atoms with Gasteiger partial charge in [0.1, 0.15) is 0 Å². The molecule has 16 heavy (non-hydrogen) atoms. The van der Waals surface area contributed by atoms with Crippen LogP contribution >= 0.6 is 0 Å². The van der Waals surface area contributed by atoms with E-state index in [-0.39, 0.29) is 0 Å². The number of ether oxygens (including phenoxy) is 1.